The molecule has 0 aromatic carbocycles. The summed E-state index contributed by atoms with van der Waals surface area (Å²) >= 11 is 0. The van der Waals surface area contributed by atoms with Gasteiger partial charge in [0.1, 0.15) is 0 Å². The Balaban J connectivity index is 2.34. The lowest BCUT2D eigenvalue weighted by molar-refractivity contribution is 0.0821. The van der Waals surface area contributed by atoms with Gasteiger partial charge in [-0.05, 0) is 20.0 Å². The van der Waals surface area contributed by atoms with Crippen LogP contribution in [0, 0.1) is 0 Å². The summed E-state index contributed by atoms with van der Waals surface area (Å²) in [5, 5.41) is 4.36. The smallest absolute Gasteiger partial charge is 0.273 e. The number of hydrogen-bond acceptors (Lipinski definition) is 3. The number of fused-ring (bicyclic) bond motifs is 1. The van der Waals surface area contributed by atoms with Crippen LogP contribution in [0.25, 0.3) is 0 Å². The fourth-order valence-electron chi connectivity index (χ4n) is 1.95. The Morgan fingerprint density at radius 2 is 2.19 bits per heavy atom. The van der Waals surface area contributed by atoms with Gasteiger partial charge in [0, 0.05) is 26.7 Å². The van der Waals surface area contributed by atoms with Crippen LogP contribution in [-0.4, -0.2) is 53.2 Å². The Bertz CT molecular complexity index is 410. The molecule has 5 nitrogen and oxygen atoms in total. The number of carbonyl (C=O) groups is 1. The van der Waals surface area contributed by atoms with Gasteiger partial charge in [-0.3, -0.25) is 14.4 Å². The molecule has 2 rings (SSSR count). The summed E-state index contributed by atoms with van der Waals surface area (Å²) in [6.45, 7) is 3.97. The van der Waals surface area contributed by atoms with Crippen molar-refractivity contribution in [3.8, 4) is 0 Å². The summed E-state index contributed by atoms with van der Waals surface area (Å²) in [5.74, 6) is -0.0308. The van der Waals surface area contributed by atoms with Crippen molar-refractivity contribution in [1.82, 2.24) is 19.6 Å². The van der Waals surface area contributed by atoms with E-state index in [4.69, 9.17) is 0 Å². The van der Waals surface area contributed by atoms with E-state index < -0.39 is 0 Å². The first kappa shape index (κ1) is 11.1. The summed E-state index contributed by atoms with van der Waals surface area (Å²) in [6.07, 6.45) is 0. The summed E-state index contributed by atoms with van der Waals surface area (Å²) in [6, 6.07) is 2.23. The van der Waals surface area contributed by atoms with Gasteiger partial charge < -0.3 is 4.90 Å². The second kappa shape index (κ2) is 3.90. The minimum Gasteiger partial charge on any atom is -0.343 e. The molecule has 0 fully saturated rings. The first-order valence-corrected chi connectivity index (χ1v) is 5.50. The quantitative estimate of drug-likeness (QED) is 0.698. The lowest BCUT2D eigenvalue weighted by Gasteiger charge is -2.30. The summed E-state index contributed by atoms with van der Waals surface area (Å²) in [5.41, 5.74) is 1.67. The summed E-state index contributed by atoms with van der Waals surface area (Å²) in [4.78, 5) is 15.6. The van der Waals surface area contributed by atoms with Crippen molar-refractivity contribution in [2.45, 2.75) is 19.5 Å². The minimum atomic E-state index is -0.0308. The van der Waals surface area contributed by atoms with Gasteiger partial charge in [0.05, 0.1) is 12.2 Å². The van der Waals surface area contributed by atoms with E-state index >= 15 is 0 Å². The Hall–Kier alpha value is -1.36. The van der Waals surface area contributed by atoms with E-state index in [2.05, 4.69) is 24.0 Å². The fourth-order valence-corrected chi connectivity index (χ4v) is 1.95. The standard InChI is InChI=1S/C11H18N4O/c1-8-10-7-9(11(16)13(2)3)12-15(10)6-5-14(8)4/h7-8H,5-6H2,1-4H3. The van der Waals surface area contributed by atoms with Crippen molar-refractivity contribution in [2.75, 3.05) is 27.7 Å². The molecule has 1 unspecified atom stereocenters. The van der Waals surface area contributed by atoms with Crippen LogP contribution >= 0.6 is 0 Å². The SMILES string of the molecule is CC1c2cc(C(=O)N(C)C)nn2CCN1C. The molecule has 0 saturated heterocycles. The third-order valence-corrected chi connectivity index (χ3v) is 3.19. The predicted molar refractivity (Wildman–Crippen MR) is 61.3 cm³/mol. The molecular weight excluding hydrogens is 204 g/mol. The van der Waals surface area contributed by atoms with E-state index in [9.17, 15) is 4.79 Å². The molecule has 1 aliphatic heterocycles. The molecule has 2 heterocycles. The number of aromatic nitrogens is 2. The largest absolute Gasteiger partial charge is 0.343 e. The molecule has 0 radical (unpaired) electrons. The van der Waals surface area contributed by atoms with Gasteiger partial charge in [-0.1, -0.05) is 0 Å². The van der Waals surface area contributed by atoms with Crippen molar-refractivity contribution in [3.63, 3.8) is 0 Å². The number of carbonyl (C=O) groups excluding carboxylic acids is 1. The molecule has 0 bridgehead atoms. The molecule has 1 aromatic rings. The molecule has 0 spiro atoms. The van der Waals surface area contributed by atoms with Crippen LogP contribution in [0.5, 0.6) is 0 Å². The van der Waals surface area contributed by atoms with Crippen LogP contribution in [0.15, 0.2) is 6.07 Å². The Morgan fingerprint density at radius 3 is 2.81 bits per heavy atom. The molecule has 1 atom stereocenters. The van der Waals surface area contributed by atoms with Crippen LogP contribution in [0.2, 0.25) is 0 Å². The second-order valence-corrected chi connectivity index (χ2v) is 4.53. The van der Waals surface area contributed by atoms with Gasteiger partial charge in [0.15, 0.2) is 5.69 Å². The maximum absolute atomic E-state index is 11.8. The zero-order chi connectivity index (χ0) is 11.9. The molecular formula is C11H18N4O. The van der Waals surface area contributed by atoms with Gasteiger partial charge in [0.25, 0.3) is 5.91 Å². The van der Waals surface area contributed by atoms with E-state index in [0.29, 0.717) is 11.7 Å². The van der Waals surface area contributed by atoms with Gasteiger partial charge in [-0.25, -0.2) is 0 Å². The number of amides is 1. The number of nitrogens with zero attached hydrogens (tertiary/aromatic N) is 4. The Kier molecular flexibility index (Phi) is 2.71. The van der Waals surface area contributed by atoms with Gasteiger partial charge in [-0.15, -0.1) is 0 Å². The number of likely N-dealkylation sites (N-methyl/N-ethyl adjacent to an activating group) is 1. The zero-order valence-corrected chi connectivity index (χ0v) is 10.3. The maximum Gasteiger partial charge on any atom is 0.273 e. The topological polar surface area (TPSA) is 41.4 Å². The molecule has 1 aromatic heterocycles. The molecule has 1 aliphatic rings. The van der Waals surface area contributed by atoms with E-state index in [-0.39, 0.29) is 5.91 Å². The average Bonchev–Trinajstić information content (AvgIpc) is 2.67. The lowest BCUT2D eigenvalue weighted by Crippen LogP contribution is -2.33. The van der Waals surface area contributed by atoms with Crippen LogP contribution in [0.1, 0.15) is 29.1 Å². The van der Waals surface area contributed by atoms with Gasteiger partial charge >= 0.3 is 0 Å². The Labute approximate surface area is 95.6 Å². The second-order valence-electron chi connectivity index (χ2n) is 4.53. The van der Waals surface area contributed by atoms with Crippen molar-refractivity contribution in [1.29, 1.82) is 0 Å². The third-order valence-electron chi connectivity index (χ3n) is 3.19. The van der Waals surface area contributed by atoms with Gasteiger partial charge in [0.2, 0.25) is 0 Å². The first-order chi connectivity index (χ1) is 7.50. The predicted octanol–water partition coefficient (Wildman–Crippen LogP) is 0.591. The van der Waals surface area contributed by atoms with Crippen molar-refractivity contribution >= 4 is 5.91 Å². The molecule has 5 heteroatoms. The molecule has 0 aliphatic carbocycles. The van der Waals surface area contributed by atoms with Crippen LogP contribution in [0.4, 0.5) is 0 Å². The number of hydrogen-bond donors (Lipinski definition) is 0. The van der Waals surface area contributed by atoms with E-state index in [1.807, 2.05) is 10.7 Å². The van der Waals surface area contributed by atoms with Crippen molar-refractivity contribution in [2.24, 2.45) is 0 Å². The normalized spacial score (nSPS) is 20.6. The minimum absolute atomic E-state index is 0.0308. The highest BCUT2D eigenvalue weighted by Gasteiger charge is 2.25. The number of rotatable bonds is 1. The monoisotopic (exact) mass is 222 g/mol. The van der Waals surface area contributed by atoms with E-state index in [1.165, 1.54) is 0 Å². The van der Waals surface area contributed by atoms with Gasteiger partial charge in [-0.2, -0.15) is 5.10 Å². The third kappa shape index (κ3) is 1.71. The van der Waals surface area contributed by atoms with E-state index in [1.54, 1.807) is 19.0 Å². The van der Waals surface area contributed by atoms with E-state index in [0.717, 1.165) is 18.8 Å². The van der Waals surface area contributed by atoms with Crippen LogP contribution in [-0.2, 0) is 6.54 Å². The first-order valence-electron chi connectivity index (χ1n) is 5.50. The fraction of sp³-hybridized carbons (Fsp3) is 0.636. The molecule has 0 N–H and O–H groups in total. The molecule has 1 amide bonds. The summed E-state index contributed by atoms with van der Waals surface area (Å²) in [7, 11) is 5.58. The lowest BCUT2D eigenvalue weighted by atomic mass is 10.1. The highest BCUT2D eigenvalue weighted by Crippen LogP contribution is 2.23. The molecule has 88 valence electrons. The average molecular weight is 222 g/mol. The van der Waals surface area contributed by atoms with Crippen molar-refractivity contribution < 1.29 is 4.79 Å². The Morgan fingerprint density at radius 1 is 1.50 bits per heavy atom. The molecule has 0 saturated carbocycles. The molecule has 16 heavy (non-hydrogen) atoms. The zero-order valence-electron chi connectivity index (χ0n) is 10.3. The van der Waals surface area contributed by atoms with Crippen molar-refractivity contribution in [3.05, 3.63) is 17.5 Å². The highest BCUT2D eigenvalue weighted by molar-refractivity contribution is 5.92. The highest BCUT2D eigenvalue weighted by atomic mass is 16.2. The van der Waals surface area contributed by atoms with Crippen LogP contribution < -0.4 is 0 Å². The maximum atomic E-state index is 11.8. The summed E-state index contributed by atoms with van der Waals surface area (Å²) < 4.78 is 1.95. The van der Waals surface area contributed by atoms with Crippen LogP contribution in [0.3, 0.4) is 0 Å².